The molecule has 0 atom stereocenters. The van der Waals surface area contributed by atoms with Gasteiger partial charge in [-0.05, 0) is 56.2 Å². The summed E-state index contributed by atoms with van der Waals surface area (Å²) in [7, 11) is 0. The second-order valence-corrected chi connectivity index (χ2v) is 9.05. The molecule has 0 aliphatic carbocycles. The quantitative estimate of drug-likeness (QED) is 0.397. The molecular formula is C30H28N2. The highest BCUT2D eigenvalue weighted by Crippen LogP contribution is 2.53. The first-order chi connectivity index (χ1) is 15.5. The van der Waals surface area contributed by atoms with Crippen molar-refractivity contribution >= 4 is 22.8 Å². The lowest BCUT2D eigenvalue weighted by atomic mass is 9.77. The second kappa shape index (κ2) is 7.80. The van der Waals surface area contributed by atoms with Crippen molar-refractivity contribution in [3.63, 3.8) is 0 Å². The molecule has 2 aliphatic heterocycles. The summed E-state index contributed by atoms with van der Waals surface area (Å²) in [5, 5.41) is 0. The highest BCUT2D eigenvalue weighted by molar-refractivity contribution is 6.14. The lowest BCUT2D eigenvalue weighted by molar-refractivity contribution is 0.737. The number of hydrogen-bond donors (Lipinski definition) is 0. The van der Waals surface area contributed by atoms with E-state index in [1.54, 1.807) is 0 Å². The van der Waals surface area contributed by atoms with Gasteiger partial charge in [-0.15, -0.1) is 0 Å². The molecule has 0 radical (unpaired) electrons. The Morgan fingerprint density at radius 1 is 0.938 bits per heavy atom. The van der Waals surface area contributed by atoms with Gasteiger partial charge in [0.15, 0.2) is 0 Å². The van der Waals surface area contributed by atoms with Crippen LogP contribution in [0.2, 0.25) is 0 Å². The Morgan fingerprint density at radius 2 is 1.69 bits per heavy atom. The smallest absolute Gasteiger partial charge is 0.0696 e. The minimum absolute atomic E-state index is 0.197. The molecular weight excluding hydrogens is 388 g/mol. The molecule has 0 saturated heterocycles. The van der Waals surface area contributed by atoms with Crippen LogP contribution in [0.3, 0.4) is 0 Å². The molecule has 2 nitrogen and oxygen atoms in total. The van der Waals surface area contributed by atoms with Gasteiger partial charge in [0.2, 0.25) is 0 Å². The van der Waals surface area contributed by atoms with Gasteiger partial charge in [-0.1, -0.05) is 78.9 Å². The van der Waals surface area contributed by atoms with E-state index in [1.165, 1.54) is 39.3 Å². The number of anilines is 2. The number of aryl methyl sites for hydroxylation is 1. The predicted octanol–water partition coefficient (Wildman–Crippen LogP) is 7.73. The lowest BCUT2D eigenvalue weighted by Crippen LogP contribution is -2.28. The summed E-state index contributed by atoms with van der Waals surface area (Å²) in [5.74, 6) is 0. The Kier molecular flexibility index (Phi) is 4.94. The molecule has 0 N–H and O–H groups in total. The third-order valence-corrected chi connectivity index (χ3v) is 6.45. The van der Waals surface area contributed by atoms with E-state index in [2.05, 4.69) is 111 Å². The van der Waals surface area contributed by atoms with Crippen LogP contribution in [0.1, 0.15) is 36.1 Å². The Labute approximate surface area is 190 Å². The number of aliphatic imine (C=N–C) groups is 1. The van der Waals surface area contributed by atoms with Crippen molar-refractivity contribution in [2.75, 3.05) is 4.90 Å². The van der Waals surface area contributed by atoms with Gasteiger partial charge < -0.3 is 4.90 Å². The van der Waals surface area contributed by atoms with Crippen LogP contribution >= 0.6 is 0 Å². The first-order valence-corrected chi connectivity index (χ1v) is 11.2. The van der Waals surface area contributed by atoms with Crippen molar-refractivity contribution in [3.8, 4) is 0 Å². The van der Waals surface area contributed by atoms with Crippen molar-refractivity contribution in [1.29, 1.82) is 0 Å². The van der Waals surface area contributed by atoms with Crippen LogP contribution in [0, 0.1) is 6.92 Å². The van der Waals surface area contributed by atoms with E-state index in [-0.39, 0.29) is 5.41 Å². The molecule has 3 aromatic carbocycles. The first-order valence-electron chi connectivity index (χ1n) is 11.2. The lowest BCUT2D eigenvalue weighted by Gasteiger charge is -2.30. The summed E-state index contributed by atoms with van der Waals surface area (Å²) in [4.78, 5) is 7.56. The van der Waals surface area contributed by atoms with E-state index in [0.29, 0.717) is 0 Å². The number of hydrogen-bond acceptors (Lipinski definition) is 2. The van der Waals surface area contributed by atoms with E-state index in [0.717, 1.165) is 17.8 Å². The molecule has 0 amide bonds. The van der Waals surface area contributed by atoms with Gasteiger partial charge in [-0.3, -0.25) is 4.99 Å². The molecule has 0 aromatic heterocycles. The molecule has 158 valence electrons. The molecule has 2 aliphatic rings. The van der Waals surface area contributed by atoms with E-state index in [1.807, 2.05) is 12.2 Å². The average Bonchev–Trinajstić information content (AvgIpc) is 3.29. The first kappa shape index (κ1) is 20.3. The molecule has 32 heavy (non-hydrogen) atoms. The van der Waals surface area contributed by atoms with Crippen molar-refractivity contribution in [2.24, 2.45) is 4.99 Å². The number of benzene rings is 3. The minimum Gasteiger partial charge on any atom is -0.313 e. The minimum atomic E-state index is -0.197. The molecule has 0 bridgehead atoms. The van der Waals surface area contributed by atoms with Crippen LogP contribution in [-0.4, -0.2) is 5.71 Å². The van der Waals surface area contributed by atoms with Gasteiger partial charge in [0.1, 0.15) is 0 Å². The van der Waals surface area contributed by atoms with Crippen molar-refractivity contribution in [2.45, 2.75) is 32.6 Å². The Morgan fingerprint density at radius 3 is 2.41 bits per heavy atom. The summed E-state index contributed by atoms with van der Waals surface area (Å²) in [6, 6.07) is 23.8. The van der Waals surface area contributed by atoms with Crippen LogP contribution < -0.4 is 4.90 Å². The summed E-state index contributed by atoms with van der Waals surface area (Å²) in [5.41, 5.74) is 10.9. The van der Waals surface area contributed by atoms with Crippen LogP contribution in [0.5, 0.6) is 0 Å². The molecule has 0 unspecified atom stereocenters. The Bertz CT molecular complexity index is 1270. The second-order valence-electron chi connectivity index (χ2n) is 9.05. The van der Waals surface area contributed by atoms with Crippen LogP contribution in [0.25, 0.3) is 0 Å². The third-order valence-electron chi connectivity index (χ3n) is 6.45. The number of allylic oxidation sites excluding steroid dienone is 5. The van der Waals surface area contributed by atoms with Crippen molar-refractivity contribution < 1.29 is 0 Å². The van der Waals surface area contributed by atoms with Crippen LogP contribution in [-0.2, 0) is 11.8 Å². The summed E-state index contributed by atoms with van der Waals surface area (Å²) >= 11 is 0. The zero-order valence-corrected chi connectivity index (χ0v) is 19.0. The molecule has 0 spiro atoms. The van der Waals surface area contributed by atoms with E-state index in [9.17, 15) is 0 Å². The Balaban J connectivity index is 1.70. The van der Waals surface area contributed by atoms with Crippen LogP contribution in [0.4, 0.5) is 17.1 Å². The molecule has 0 saturated carbocycles. The standard InChI is InChI=1S/C30H28N2/c1-5-6-8-13-25-20-23-16-19-26-27(28(23)32(25)24-17-14-21(2)15-18-24)30(3,4)29(31-26)22-11-9-7-10-12-22/h5-19H,1,20H2,2-4H3/b8-6-,25-13+. The summed E-state index contributed by atoms with van der Waals surface area (Å²) < 4.78 is 0. The van der Waals surface area contributed by atoms with Gasteiger partial charge in [-0.2, -0.15) is 0 Å². The number of rotatable bonds is 4. The summed E-state index contributed by atoms with van der Waals surface area (Å²) in [6.07, 6.45) is 8.97. The highest BCUT2D eigenvalue weighted by atomic mass is 15.2. The van der Waals surface area contributed by atoms with Crippen molar-refractivity contribution in [1.82, 2.24) is 0 Å². The zero-order chi connectivity index (χ0) is 22.3. The van der Waals surface area contributed by atoms with Crippen LogP contribution in [0.15, 0.2) is 108 Å². The molecule has 3 aromatic rings. The van der Waals surface area contributed by atoms with Gasteiger partial charge in [-0.25, -0.2) is 0 Å². The maximum absolute atomic E-state index is 5.14. The van der Waals surface area contributed by atoms with E-state index < -0.39 is 0 Å². The van der Waals surface area contributed by atoms with Gasteiger partial charge >= 0.3 is 0 Å². The average molecular weight is 417 g/mol. The fourth-order valence-corrected chi connectivity index (χ4v) is 4.92. The maximum atomic E-state index is 5.14. The number of fused-ring (bicyclic) bond motifs is 3. The van der Waals surface area contributed by atoms with E-state index >= 15 is 0 Å². The zero-order valence-electron chi connectivity index (χ0n) is 19.0. The monoisotopic (exact) mass is 416 g/mol. The Hall–Kier alpha value is -3.65. The SMILES string of the molecule is C=C/C=C\C=C1/Cc2ccc3c(c2N1c1ccc(C)cc1)C(C)(C)C(c1ccccc1)=N3. The van der Waals surface area contributed by atoms with Gasteiger partial charge in [0, 0.05) is 28.8 Å². The molecule has 2 heteroatoms. The predicted molar refractivity (Wildman–Crippen MR) is 137 cm³/mol. The fraction of sp³-hybridized carbons (Fsp3) is 0.167. The van der Waals surface area contributed by atoms with E-state index in [4.69, 9.17) is 4.99 Å². The summed E-state index contributed by atoms with van der Waals surface area (Å²) in [6.45, 7) is 10.5. The largest absolute Gasteiger partial charge is 0.313 e. The molecule has 2 heterocycles. The topological polar surface area (TPSA) is 15.6 Å². The third kappa shape index (κ3) is 3.23. The molecule has 0 fully saturated rings. The fourth-order valence-electron chi connectivity index (χ4n) is 4.92. The maximum Gasteiger partial charge on any atom is 0.0696 e. The normalized spacial score (nSPS) is 17.5. The highest BCUT2D eigenvalue weighted by Gasteiger charge is 2.42. The number of nitrogens with zero attached hydrogens (tertiary/aromatic N) is 2. The molecule has 5 rings (SSSR count). The van der Waals surface area contributed by atoms with Gasteiger partial charge in [0.05, 0.1) is 17.1 Å². The van der Waals surface area contributed by atoms with Gasteiger partial charge in [0.25, 0.3) is 0 Å². The van der Waals surface area contributed by atoms with Crippen molar-refractivity contribution in [3.05, 3.63) is 126 Å².